The van der Waals surface area contributed by atoms with Crippen molar-refractivity contribution in [2.45, 2.75) is 13.0 Å². The van der Waals surface area contributed by atoms with Gasteiger partial charge in [-0.1, -0.05) is 17.7 Å². The molecule has 2 rings (SSSR count). The molecule has 0 aromatic heterocycles. The van der Waals surface area contributed by atoms with Gasteiger partial charge in [-0.2, -0.15) is 0 Å². The summed E-state index contributed by atoms with van der Waals surface area (Å²) in [5.41, 5.74) is 2.43. The number of aryl methyl sites for hydroxylation is 1. The molecule has 0 radical (unpaired) electrons. The Hall–Kier alpha value is -2.07. The summed E-state index contributed by atoms with van der Waals surface area (Å²) in [4.78, 5) is 0. The Morgan fingerprint density at radius 3 is 2.38 bits per heavy atom. The molecule has 0 aliphatic rings. The van der Waals surface area contributed by atoms with E-state index in [0.29, 0.717) is 17.1 Å². The first kappa shape index (κ1) is 15.3. The van der Waals surface area contributed by atoms with E-state index in [2.05, 4.69) is 5.32 Å². The van der Waals surface area contributed by atoms with Crippen LogP contribution in [0.4, 0.5) is 4.39 Å². The molecule has 112 valence electrons. The van der Waals surface area contributed by atoms with Gasteiger partial charge in [-0.3, -0.25) is 0 Å². The van der Waals surface area contributed by atoms with Gasteiger partial charge < -0.3 is 14.8 Å². The Kier molecular flexibility index (Phi) is 4.81. The molecular formula is C17H20FNO2. The van der Waals surface area contributed by atoms with Crippen LogP contribution in [0.15, 0.2) is 36.4 Å². The highest BCUT2D eigenvalue weighted by molar-refractivity contribution is 5.46. The van der Waals surface area contributed by atoms with Crippen LogP contribution in [0.3, 0.4) is 0 Å². The zero-order valence-corrected chi connectivity index (χ0v) is 12.7. The van der Waals surface area contributed by atoms with Gasteiger partial charge in [-0.25, -0.2) is 4.39 Å². The van der Waals surface area contributed by atoms with Gasteiger partial charge in [0.1, 0.15) is 17.3 Å². The minimum atomic E-state index is -0.310. The van der Waals surface area contributed by atoms with E-state index in [1.807, 2.05) is 31.2 Å². The summed E-state index contributed by atoms with van der Waals surface area (Å²) in [5.74, 6) is 1.15. The number of halogens is 1. The molecule has 4 heteroatoms. The van der Waals surface area contributed by atoms with E-state index in [9.17, 15) is 4.39 Å². The molecule has 2 aromatic rings. The standard InChI is InChI=1S/C17H20FNO2/c1-11-5-7-15(18)13(9-11)17(19-2)14-10-12(20-3)6-8-16(14)21-4/h5-10,17,19H,1-4H3. The highest BCUT2D eigenvalue weighted by atomic mass is 19.1. The third kappa shape index (κ3) is 3.16. The predicted molar refractivity (Wildman–Crippen MR) is 81.6 cm³/mol. The normalized spacial score (nSPS) is 12.0. The van der Waals surface area contributed by atoms with E-state index in [0.717, 1.165) is 11.1 Å². The predicted octanol–water partition coefficient (Wildman–Crippen LogP) is 3.46. The molecular weight excluding hydrogens is 269 g/mol. The van der Waals surface area contributed by atoms with Crippen molar-refractivity contribution in [1.82, 2.24) is 5.32 Å². The summed E-state index contributed by atoms with van der Waals surface area (Å²) in [7, 11) is 5.00. The minimum Gasteiger partial charge on any atom is -0.497 e. The first-order valence-electron chi connectivity index (χ1n) is 6.76. The van der Waals surface area contributed by atoms with Gasteiger partial charge in [-0.05, 0) is 38.2 Å². The molecule has 1 unspecified atom stereocenters. The summed E-state index contributed by atoms with van der Waals surface area (Å²) in [6.07, 6.45) is 0. The van der Waals surface area contributed by atoms with E-state index >= 15 is 0 Å². The van der Waals surface area contributed by atoms with Crippen LogP contribution in [0, 0.1) is 12.7 Å². The molecule has 1 atom stereocenters. The summed E-state index contributed by atoms with van der Waals surface area (Å²) in [6.45, 7) is 1.94. The molecule has 0 fully saturated rings. The molecule has 0 spiro atoms. The van der Waals surface area contributed by atoms with Crippen molar-refractivity contribution in [2.75, 3.05) is 21.3 Å². The van der Waals surface area contributed by atoms with Gasteiger partial charge in [0.25, 0.3) is 0 Å². The molecule has 0 bridgehead atoms. The number of hydrogen-bond donors (Lipinski definition) is 1. The number of benzene rings is 2. The summed E-state index contributed by atoms with van der Waals surface area (Å²) in [6, 6.07) is 10.3. The maximum atomic E-state index is 14.2. The molecule has 0 aliphatic heterocycles. The average molecular weight is 289 g/mol. The van der Waals surface area contributed by atoms with Crippen LogP contribution >= 0.6 is 0 Å². The van der Waals surface area contributed by atoms with E-state index in [-0.39, 0.29) is 11.9 Å². The number of nitrogens with one attached hydrogen (secondary N) is 1. The Bertz CT molecular complexity index is 628. The van der Waals surface area contributed by atoms with Crippen LogP contribution < -0.4 is 14.8 Å². The fourth-order valence-electron chi connectivity index (χ4n) is 2.43. The lowest BCUT2D eigenvalue weighted by Gasteiger charge is -2.21. The van der Waals surface area contributed by atoms with Crippen molar-refractivity contribution >= 4 is 0 Å². The van der Waals surface area contributed by atoms with Gasteiger partial charge in [0.15, 0.2) is 0 Å². The van der Waals surface area contributed by atoms with Gasteiger partial charge in [0.05, 0.1) is 20.3 Å². The highest BCUT2D eigenvalue weighted by Crippen LogP contribution is 2.34. The van der Waals surface area contributed by atoms with Gasteiger partial charge in [-0.15, -0.1) is 0 Å². The number of rotatable bonds is 5. The monoisotopic (exact) mass is 289 g/mol. The molecule has 0 aliphatic carbocycles. The van der Waals surface area contributed by atoms with Crippen molar-refractivity contribution in [2.24, 2.45) is 0 Å². The Labute approximate surface area is 124 Å². The maximum Gasteiger partial charge on any atom is 0.128 e. The lowest BCUT2D eigenvalue weighted by atomic mass is 9.96. The quantitative estimate of drug-likeness (QED) is 0.914. The Morgan fingerprint density at radius 1 is 1.00 bits per heavy atom. The number of hydrogen-bond acceptors (Lipinski definition) is 3. The maximum absolute atomic E-state index is 14.2. The lowest BCUT2D eigenvalue weighted by molar-refractivity contribution is 0.394. The second kappa shape index (κ2) is 6.59. The van der Waals surface area contributed by atoms with Crippen molar-refractivity contribution in [3.05, 3.63) is 58.9 Å². The van der Waals surface area contributed by atoms with Gasteiger partial charge in [0, 0.05) is 11.1 Å². The summed E-state index contributed by atoms with van der Waals surface area (Å²) >= 11 is 0. The molecule has 1 N–H and O–H groups in total. The topological polar surface area (TPSA) is 30.5 Å². The van der Waals surface area contributed by atoms with Crippen LogP contribution in [0.2, 0.25) is 0 Å². The zero-order valence-electron chi connectivity index (χ0n) is 12.7. The number of methoxy groups -OCH3 is 2. The first-order valence-corrected chi connectivity index (χ1v) is 6.76. The molecule has 0 saturated heterocycles. The third-order valence-electron chi connectivity index (χ3n) is 3.50. The van der Waals surface area contributed by atoms with Gasteiger partial charge >= 0.3 is 0 Å². The molecule has 3 nitrogen and oxygen atoms in total. The second-order valence-corrected chi connectivity index (χ2v) is 4.85. The minimum absolute atomic E-state index is 0.246. The van der Waals surface area contributed by atoms with Crippen LogP contribution in [0.1, 0.15) is 22.7 Å². The van der Waals surface area contributed by atoms with Crippen LogP contribution in [0.5, 0.6) is 11.5 Å². The van der Waals surface area contributed by atoms with Crippen LogP contribution in [-0.2, 0) is 0 Å². The molecule has 0 saturated carbocycles. The average Bonchev–Trinajstić information content (AvgIpc) is 2.51. The van der Waals surface area contributed by atoms with E-state index in [1.54, 1.807) is 27.3 Å². The molecule has 21 heavy (non-hydrogen) atoms. The van der Waals surface area contributed by atoms with Crippen LogP contribution in [-0.4, -0.2) is 21.3 Å². The number of ether oxygens (including phenoxy) is 2. The largest absolute Gasteiger partial charge is 0.497 e. The smallest absolute Gasteiger partial charge is 0.128 e. The van der Waals surface area contributed by atoms with Gasteiger partial charge in [0.2, 0.25) is 0 Å². The Balaban J connectivity index is 2.57. The van der Waals surface area contributed by atoms with Crippen molar-refractivity contribution in [3.8, 4) is 11.5 Å². The Morgan fingerprint density at radius 2 is 1.76 bits per heavy atom. The summed E-state index contributed by atoms with van der Waals surface area (Å²) in [5, 5.41) is 3.15. The van der Waals surface area contributed by atoms with Crippen molar-refractivity contribution in [1.29, 1.82) is 0 Å². The fraction of sp³-hybridized carbons (Fsp3) is 0.294. The fourth-order valence-corrected chi connectivity index (χ4v) is 2.43. The van der Waals surface area contributed by atoms with E-state index in [1.165, 1.54) is 6.07 Å². The van der Waals surface area contributed by atoms with E-state index < -0.39 is 0 Å². The lowest BCUT2D eigenvalue weighted by Crippen LogP contribution is -2.20. The highest BCUT2D eigenvalue weighted by Gasteiger charge is 2.20. The SMILES string of the molecule is CNC(c1cc(C)ccc1F)c1cc(OC)ccc1OC. The third-order valence-corrected chi connectivity index (χ3v) is 3.50. The zero-order chi connectivity index (χ0) is 15.4. The molecule has 2 aromatic carbocycles. The molecule has 0 heterocycles. The van der Waals surface area contributed by atoms with E-state index in [4.69, 9.17) is 9.47 Å². The first-order chi connectivity index (χ1) is 10.1. The van der Waals surface area contributed by atoms with Crippen molar-refractivity contribution < 1.29 is 13.9 Å². The van der Waals surface area contributed by atoms with Crippen molar-refractivity contribution in [3.63, 3.8) is 0 Å². The molecule has 0 amide bonds. The summed E-state index contributed by atoms with van der Waals surface area (Å²) < 4.78 is 24.9. The second-order valence-electron chi connectivity index (χ2n) is 4.85. The van der Waals surface area contributed by atoms with Crippen LogP contribution in [0.25, 0.3) is 0 Å².